The van der Waals surface area contributed by atoms with E-state index in [4.69, 9.17) is 0 Å². The molecule has 0 fully saturated rings. The number of anilines is 1. The van der Waals surface area contributed by atoms with Crippen molar-refractivity contribution in [2.75, 3.05) is 5.32 Å². The molecule has 1 aromatic carbocycles. The summed E-state index contributed by atoms with van der Waals surface area (Å²) in [6.45, 7) is 3.70. The molecule has 7 heteroatoms. The van der Waals surface area contributed by atoms with Gasteiger partial charge in [0.1, 0.15) is 17.5 Å². The zero-order chi connectivity index (χ0) is 16.0. The quantitative estimate of drug-likeness (QED) is 0.895. The molecule has 22 heavy (non-hydrogen) atoms. The maximum absolute atomic E-state index is 14.1. The predicted molar refractivity (Wildman–Crippen MR) is 76.9 cm³/mol. The van der Waals surface area contributed by atoms with Gasteiger partial charge in [0.15, 0.2) is 0 Å². The van der Waals surface area contributed by atoms with Gasteiger partial charge in [0.25, 0.3) is 5.56 Å². The normalized spacial score (nSPS) is 17.5. The number of benzene rings is 1. The maximum atomic E-state index is 14.1. The largest absolute Gasteiger partial charge is 0.311 e. The minimum absolute atomic E-state index is 0.0548. The summed E-state index contributed by atoms with van der Waals surface area (Å²) >= 11 is 0. The lowest BCUT2D eigenvalue weighted by atomic mass is 9.87. The van der Waals surface area contributed by atoms with Crippen LogP contribution in [-0.2, 0) is 4.79 Å². The van der Waals surface area contributed by atoms with Crippen LogP contribution in [0.4, 0.5) is 14.6 Å². The van der Waals surface area contributed by atoms with E-state index in [1.165, 1.54) is 6.07 Å². The lowest BCUT2D eigenvalue weighted by Crippen LogP contribution is -2.27. The van der Waals surface area contributed by atoms with Gasteiger partial charge >= 0.3 is 0 Å². The second kappa shape index (κ2) is 5.08. The van der Waals surface area contributed by atoms with Crippen molar-refractivity contribution in [2.45, 2.75) is 32.2 Å². The molecule has 2 aromatic rings. The fourth-order valence-corrected chi connectivity index (χ4v) is 2.82. The molecule has 116 valence electrons. The Morgan fingerprint density at radius 2 is 2.00 bits per heavy atom. The second-order valence-electron chi connectivity index (χ2n) is 5.64. The number of aromatic nitrogens is 2. The van der Waals surface area contributed by atoms with Crippen molar-refractivity contribution in [3.05, 3.63) is 51.3 Å². The van der Waals surface area contributed by atoms with Crippen molar-refractivity contribution in [1.82, 2.24) is 9.78 Å². The van der Waals surface area contributed by atoms with Gasteiger partial charge in [-0.2, -0.15) is 0 Å². The number of hydrogen-bond acceptors (Lipinski definition) is 2. The molecule has 2 heterocycles. The van der Waals surface area contributed by atoms with Crippen LogP contribution >= 0.6 is 0 Å². The van der Waals surface area contributed by atoms with Gasteiger partial charge in [-0.25, -0.2) is 8.78 Å². The van der Waals surface area contributed by atoms with Crippen molar-refractivity contribution < 1.29 is 13.6 Å². The van der Waals surface area contributed by atoms with Crippen molar-refractivity contribution in [1.29, 1.82) is 0 Å². The number of rotatable bonds is 2. The molecular formula is C15H15F2N3O2. The third-order valence-electron chi connectivity index (χ3n) is 3.81. The highest BCUT2D eigenvalue weighted by molar-refractivity contribution is 5.94. The molecule has 1 atom stereocenters. The van der Waals surface area contributed by atoms with E-state index in [0.29, 0.717) is 11.4 Å². The van der Waals surface area contributed by atoms with Gasteiger partial charge in [0, 0.05) is 24.4 Å². The van der Waals surface area contributed by atoms with Gasteiger partial charge < -0.3 is 5.32 Å². The number of nitrogens with zero attached hydrogens (tertiary/aromatic N) is 1. The van der Waals surface area contributed by atoms with E-state index in [9.17, 15) is 18.4 Å². The highest BCUT2D eigenvalue weighted by atomic mass is 19.1. The molecule has 2 N–H and O–H groups in total. The SMILES string of the molecule is CC(C)n1[nH]c(=O)c2c1NC(=O)CC2c1ccc(F)cc1F. The maximum Gasteiger partial charge on any atom is 0.270 e. The number of halogens is 2. The van der Waals surface area contributed by atoms with Gasteiger partial charge in [0.05, 0.1) is 5.56 Å². The summed E-state index contributed by atoms with van der Waals surface area (Å²) in [4.78, 5) is 24.2. The van der Waals surface area contributed by atoms with Crippen LogP contribution in [0.15, 0.2) is 23.0 Å². The molecule has 1 unspecified atom stereocenters. The predicted octanol–water partition coefficient (Wildman–Crippen LogP) is 2.51. The number of hydrogen-bond donors (Lipinski definition) is 2. The standard InChI is InChI=1S/C15H15F2N3O2/c1-7(2)20-14-13(15(22)19-20)10(6-12(21)18-14)9-4-3-8(16)5-11(9)17/h3-5,7,10H,6H2,1-2H3,(H,18,21)(H,19,22). The number of amides is 1. The third-order valence-corrected chi connectivity index (χ3v) is 3.81. The highest BCUT2D eigenvalue weighted by Crippen LogP contribution is 2.36. The van der Waals surface area contributed by atoms with E-state index in [0.717, 1.165) is 12.1 Å². The van der Waals surface area contributed by atoms with E-state index in [1.807, 2.05) is 13.8 Å². The Labute approximate surface area is 124 Å². The molecule has 1 amide bonds. The van der Waals surface area contributed by atoms with Gasteiger partial charge in [0.2, 0.25) is 5.91 Å². The average Bonchev–Trinajstić information content (AvgIpc) is 2.75. The Bertz CT molecular complexity index is 808. The van der Waals surface area contributed by atoms with Gasteiger partial charge in [-0.3, -0.25) is 19.4 Å². The molecule has 1 aliphatic rings. The number of H-pyrrole nitrogens is 1. The summed E-state index contributed by atoms with van der Waals surface area (Å²) < 4.78 is 28.7. The lowest BCUT2D eigenvalue weighted by molar-refractivity contribution is -0.116. The fourth-order valence-electron chi connectivity index (χ4n) is 2.82. The van der Waals surface area contributed by atoms with Crippen molar-refractivity contribution in [3.8, 4) is 0 Å². The van der Waals surface area contributed by atoms with Crippen LogP contribution in [0.25, 0.3) is 0 Å². The second-order valence-corrected chi connectivity index (χ2v) is 5.64. The Hall–Kier alpha value is -2.44. The number of fused-ring (bicyclic) bond motifs is 1. The van der Waals surface area contributed by atoms with Gasteiger partial charge in [-0.15, -0.1) is 0 Å². The van der Waals surface area contributed by atoms with Crippen LogP contribution in [0.3, 0.4) is 0 Å². The molecule has 0 spiro atoms. The van der Waals surface area contributed by atoms with Crippen LogP contribution in [0.5, 0.6) is 0 Å². The number of aromatic amines is 1. The number of carbonyl (C=O) groups is 1. The van der Waals surface area contributed by atoms with Crippen LogP contribution in [-0.4, -0.2) is 15.7 Å². The summed E-state index contributed by atoms with van der Waals surface area (Å²) in [5.74, 6) is -2.15. The first-order valence-electron chi connectivity index (χ1n) is 6.97. The monoisotopic (exact) mass is 307 g/mol. The first kappa shape index (κ1) is 14.5. The van der Waals surface area contributed by atoms with Crippen LogP contribution in [0, 0.1) is 11.6 Å². The number of nitrogens with one attached hydrogen (secondary N) is 2. The molecule has 0 saturated heterocycles. The molecule has 0 radical (unpaired) electrons. The Balaban J connectivity index is 2.20. The van der Waals surface area contributed by atoms with Crippen LogP contribution in [0.1, 0.15) is 43.4 Å². The zero-order valence-corrected chi connectivity index (χ0v) is 12.1. The summed E-state index contributed by atoms with van der Waals surface area (Å²) in [7, 11) is 0. The molecule has 0 bridgehead atoms. The topological polar surface area (TPSA) is 66.9 Å². The zero-order valence-electron chi connectivity index (χ0n) is 12.1. The summed E-state index contributed by atoms with van der Waals surface area (Å²) in [6, 6.07) is 3.09. The lowest BCUT2D eigenvalue weighted by Gasteiger charge is -2.24. The molecule has 1 aliphatic heterocycles. The smallest absolute Gasteiger partial charge is 0.270 e. The summed E-state index contributed by atoms with van der Waals surface area (Å²) in [6.07, 6.45) is -0.0548. The van der Waals surface area contributed by atoms with Crippen LogP contribution < -0.4 is 10.9 Å². The van der Waals surface area contributed by atoms with Gasteiger partial charge in [-0.05, 0) is 25.5 Å². The summed E-state index contributed by atoms with van der Waals surface area (Å²) in [5.41, 5.74) is 0.0701. The van der Waals surface area contributed by atoms with E-state index in [-0.39, 0.29) is 29.5 Å². The fraction of sp³-hybridized carbons (Fsp3) is 0.333. The first-order valence-corrected chi connectivity index (χ1v) is 6.97. The minimum Gasteiger partial charge on any atom is -0.311 e. The molecular weight excluding hydrogens is 292 g/mol. The molecule has 1 aromatic heterocycles. The highest BCUT2D eigenvalue weighted by Gasteiger charge is 2.34. The third kappa shape index (κ3) is 2.22. The molecule has 5 nitrogen and oxygen atoms in total. The van der Waals surface area contributed by atoms with Crippen molar-refractivity contribution >= 4 is 11.7 Å². The van der Waals surface area contributed by atoms with E-state index in [2.05, 4.69) is 10.4 Å². The van der Waals surface area contributed by atoms with E-state index in [1.54, 1.807) is 4.68 Å². The van der Waals surface area contributed by atoms with E-state index < -0.39 is 17.6 Å². The van der Waals surface area contributed by atoms with E-state index >= 15 is 0 Å². The summed E-state index contributed by atoms with van der Waals surface area (Å²) in [5, 5.41) is 5.31. The first-order chi connectivity index (χ1) is 10.4. The Kier molecular flexibility index (Phi) is 3.35. The average molecular weight is 307 g/mol. The molecule has 0 aliphatic carbocycles. The van der Waals surface area contributed by atoms with Crippen molar-refractivity contribution in [3.63, 3.8) is 0 Å². The number of carbonyl (C=O) groups excluding carboxylic acids is 1. The minimum atomic E-state index is -0.762. The molecule has 3 rings (SSSR count). The Morgan fingerprint density at radius 1 is 1.27 bits per heavy atom. The Morgan fingerprint density at radius 3 is 2.64 bits per heavy atom. The van der Waals surface area contributed by atoms with Gasteiger partial charge in [-0.1, -0.05) is 6.07 Å². The van der Waals surface area contributed by atoms with Crippen LogP contribution in [0.2, 0.25) is 0 Å². The van der Waals surface area contributed by atoms with Crippen molar-refractivity contribution in [2.24, 2.45) is 0 Å². The molecule has 0 saturated carbocycles.